The fourth-order valence-electron chi connectivity index (χ4n) is 4.59. The summed E-state index contributed by atoms with van der Waals surface area (Å²) >= 11 is 1.93. The van der Waals surface area contributed by atoms with Crippen LogP contribution in [0.3, 0.4) is 0 Å². The average molecular weight is 277 g/mol. The number of fused-ring (bicyclic) bond motifs is 2. The van der Waals surface area contributed by atoms with Gasteiger partial charge in [0.05, 0.1) is 0 Å². The first kappa shape index (κ1) is 13.6. The van der Waals surface area contributed by atoms with Crippen LogP contribution in [0.5, 0.6) is 0 Å². The van der Waals surface area contributed by atoms with Crippen molar-refractivity contribution < 1.29 is 0 Å². The molecule has 3 rings (SSSR count). The van der Waals surface area contributed by atoms with E-state index < -0.39 is 0 Å². The van der Waals surface area contributed by atoms with Crippen molar-refractivity contribution in [1.29, 1.82) is 0 Å². The molecule has 2 fully saturated rings. The lowest BCUT2D eigenvalue weighted by atomic mass is 9.83. The van der Waals surface area contributed by atoms with Gasteiger partial charge in [0.1, 0.15) is 0 Å². The average Bonchev–Trinajstić information content (AvgIpc) is 3.03. The van der Waals surface area contributed by atoms with Crippen molar-refractivity contribution in [3.63, 3.8) is 0 Å². The van der Waals surface area contributed by atoms with E-state index in [2.05, 4.69) is 39.1 Å². The molecule has 5 atom stereocenters. The summed E-state index contributed by atoms with van der Waals surface area (Å²) in [4.78, 5) is 2.92. The van der Waals surface area contributed by atoms with Gasteiger partial charge in [0, 0.05) is 21.8 Å². The zero-order chi connectivity index (χ0) is 13.6. The summed E-state index contributed by atoms with van der Waals surface area (Å²) in [5.74, 6) is 3.01. The van der Waals surface area contributed by atoms with Crippen molar-refractivity contribution in [3.8, 4) is 0 Å². The minimum Gasteiger partial charge on any atom is -0.307 e. The Morgan fingerprint density at radius 1 is 1.21 bits per heavy atom. The van der Waals surface area contributed by atoms with Crippen LogP contribution in [0.25, 0.3) is 0 Å². The van der Waals surface area contributed by atoms with Crippen LogP contribution in [-0.4, -0.2) is 6.04 Å². The molecule has 2 bridgehead atoms. The van der Waals surface area contributed by atoms with E-state index in [1.54, 1.807) is 0 Å². The van der Waals surface area contributed by atoms with Gasteiger partial charge in [0.2, 0.25) is 0 Å². The Hall–Kier alpha value is -0.340. The Bertz CT molecular complexity index is 450. The first-order valence-electron chi connectivity index (χ1n) is 7.87. The Kier molecular flexibility index (Phi) is 3.74. The maximum absolute atomic E-state index is 3.88. The molecule has 0 aromatic carbocycles. The number of aryl methyl sites for hydroxylation is 2. The number of nitrogens with one attached hydrogen (secondary N) is 1. The van der Waals surface area contributed by atoms with Crippen molar-refractivity contribution in [2.45, 2.75) is 65.5 Å². The molecule has 1 heterocycles. The molecule has 19 heavy (non-hydrogen) atoms. The largest absolute Gasteiger partial charge is 0.307 e. The van der Waals surface area contributed by atoms with Crippen LogP contribution in [0.4, 0.5) is 0 Å². The van der Waals surface area contributed by atoms with E-state index >= 15 is 0 Å². The second-order valence-corrected chi connectivity index (χ2v) is 8.34. The summed E-state index contributed by atoms with van der Waals surface area (Å²) in [6, 6.07) is 3.54. The summed E-state index contributed by atoms with van der Waals surface area (Å²) in [5.41, 5.74) is 1.51. The third kappa shape index (κ3) is 2.62. The molecule has 1 nitrogen and oxygen atoms in total. The topological polar surface area (TPSA) is 12.0 Å². The SMILES string of the molecule is Cc1cc(C(C)NC(C)C2CC3CCC2C3)c(C)s1. The number of thiophene rings is 1. The molecule has 2 heteroatoms. The minimum absolute atomic E-state index is 0.499. The van der Waals surface area contributed by atoms with Crippen LogP contribution < -0.4 is 5.32 Å². The molecule has 0 spiro atoms. The van der Waals surface area contributed by atoms with Gasteiger partial charge in [0.25, 0.3) is 0 Å². The fraction of sp³-hybridized carbons (Fsp3) is 0.765. The molecule has 5 unspecified atom stereocenters. The Morgan fingerprint density at radius 3 is 2.53 bits per heavy atom. The highest BCUT2D eigenvalue weighted by Gasteiger charge is 2.41. The van der Waals surface area contributed by atoms with Gasteiger partial charge in [-0.05, 0) is 76.3 Å². The van der Waals surface area contributed by atoms with Gasteiger partial charge in [-0.15, -0.1) is 11.3 Å². The van der Waals surface area contributed by atoms with Gasteiger partial charge in [-0.25, -0.2) is 0 Å². The van der Waals surface area contributed by atoms with Gasteiger partial charge in [0.15, 0.2) is 0 Å². The van der Waals surface area contributed by atoms with E-state index in [9.17, 15) is 0 Å². The quantitative estimate of drug-likeness (QED) is 0.830. The molecule has 0 radical (unpaired) electrons. The maximum Gasteiger partial charge on any atom is 0.0305 e. The van der Waals surface area contributed by atoms with Crippen LogP contribution in [0, 0.1) is 31.6 Å². The molecule has 2 aliphatic carbocycles. The molecule has 1 aromatic heterocycles. The molecule has 0 aliphatic heterocycles. The zero-order valence-corrected chi connectivity index (χ0v) is 13.5. The lowest BCUT2D eigenvalue weighted by Crippen LogP contribution is -2.37. The van der Waals surface area contributed by atoms with Gasteiger partial charge < -0.3 is 5.32 Å². The molecule has 2 saturated carbocycles. The second-order valence-electron chi connectivity index (χ2n) is 6.88. The van der Waals surface area contributed by atoms with Crippen molar-refractivity contribution in [2.75, 3.05) is 0 Å². The molecular weight excluding hydrogens is 250 g/mol. The third-order valence-electron chi connectivity index (χ3n) is 5.49. The number of rotatable bonds is 4. The van der Waals surface area contributed by atoms with Gasteiger partial charge in [-0.2, -0.15) is 0 Å². The summed E-state index contributed by atoms with van der Waals surface area (Å²) < 4.78 is 0. The third-order valence-corrected chi connectivity index (χ3v) is 6.48. The summed E-state index contributed by atoms with van der Waals surface area (Å²) in [7, 11) is 0. The van der Waals surface area contributed by atoms with Crippen molar-refractivity contribution in [3.05, 3.63) is 21.4 Å². The summed E-state index contributed by atoms with van der Waals surface area (Å²) in [6.45, 7) is 9.22. The molecule has 2 aliphatic rings. The fourth-order valence-corrected chi connectivity index (χ4v) is 5.62. The van der Waals surface area contributed by atoms with Gasteiger partial charge >= 0.3 is 0 Å². The van der Waals surface area contributed by atoms with E-state index in [-0.39, 0.29) is 0 Å². The Labute approximate surface area is 121 Å². The van der Waals surface area contributed by atoms with Crippen LogP contribution in [0.2, 0.25) is 0 Å². The van der Waals surface area contributed by atoms with E-state index in [4.69, 9.17) is 0 Å². The molecule has 0 amide bonds. The second kappa shape index (κ2) is 5.21. The molecule has 1 N–H and O–H groups in total. The first-order chi connectivity index (χ1) is 9.04. The smallest absolute Gasteiger partial charge is 0.0305 e. The zero-order valence-electron chi connectivity index (χ0n) is 12.7. The predicted molar refractivity (Wildman–Crippen MR) is 83.7 cm³/mol. The highest BCUT2D eigenvalue weighted by Crippen LogP contribution is 2.49. The van der Waals surface area contributed by atoms with Crippen molar-refractivity contribution in [1.82, 2.24) is 5.32 Å². The lowest BCUT2D eigenvalue weighted by Gasteiger charge is -2.31. The minimum atomic E-state index is 0.499. The summed E-state index contributed by atoms with van der Waals surface area (Å²) in [5, 5.41) is 3.88. The van der Waals surface area contributed by atoms with E-state index in [1.807, 2.05) is 11.3 Å². The molecule has 0 saturated heterocycles. The van der Waals surface area contributed by atoms with E-state index in [0.29, 0.717) is 12.1 Å². The van der Waals surface area contributed by atoms with Gasteiger partial charge in [-0.3, -0.25) is 0 Å². The standard InChI is InChI=1S/C17H27NS/c1-10-7-16(13(4)19-10)11(2)18-12(3)17-9-14-5-6-15(17)8-14/h7,11-12,14-15,17-18H,5-6,8-9H2,1-4H3. The normalized spacial score (nSPS) is 32.7. The highest BCUT2D eigenvalue weighted by molar-refractivity contribution is 7.12. The highest BCUT2D eigenvalue weighted by atomic mass is 32.1. The van der Waals surface area contributed by atoms with Gasteiger partial charge in [-0.1, -0.05) is 6.42 Å². The van der Waals surface area contributed by atoms with Crippen LogP contribution in [0.15, 0.2) is 6.07 Å². The maximum atomic E-state index is 3.88. The molecular formula is C17H27NS. The van der Waals surface area contributed by atoms with Crippen molar-refractivity contribution in [2.24, 2.45) is 17.8 Å². The van der Waals surface area contributed by atoms with E-state index in [1.165, 1.54) is 41.0 Å². The lowest BCUT2D eigenvalue weighted by molar-refractivity contribution is 0.248. The van der Waals surface area contributed by atoms with E-state index in [0.717, 1.165) is 17.8 Å². The molecule has 106 valence electrons. The number of hydrogen-bond acceptors (Lipinski definition) is 2. The number of hydrogen-bond donors (Lipinski definition) is 1. The first-order valence-corrected chi connectivity index (χ1v) is 8.69. The molecule has 1 aromatic rings. The van der Waals surface area contributed by atoms with Crippen LogP contribution in [0.1, 0.15) is 60.9 Å². The predicted octanol–water partition coefficient (Wildman–Crippen LogP) is 4.84. The Morgan fingerprint density at radius 2 is 2.00 bits per heavy atom. The van der Waals surface area contributed by atoms with Crippen LogP contribution in [-0.2, 0) is 0 Å². The van der Waals surface area contributed by atoms with Crippen molar-refractivity contribution >= 4 is 11.3 Å². The monoisotopic (exact) mass is 277 g/mol. The Balaban J connectivity index is 1.63. The summed E-state index contributed by atoms with van der Waals surface area (Å²) in [6.07, 6.45) is 5.99. The van der Waals surface area contributed by atoms with Crippen LogP contribution >= 0.6 is 11.3 Å².